The van der Waals surface area contributed by atoms with Crippen LogP contribution < -0.4 is 0 Å². The second-order valence-corrected chi connectivity index (χ2v) is 10.6. The quantitative estimate of drug-likeness (QED) is 0.526. The van der Waals surface area contributed by atoms with Crippen molar-refractivity contribution in [3.63, 3.8) is 0 Å². The lowest BCUT2D eigenvalue weighted by Gasteiger charge is -2.46. The molecule has 9 heteroatoms. The number of nitrogens with zero attached hydrogens (tertiary/aromatic N) is 3. The average Bonchev–Trinajstić information content (AvgIpc) is 3.42. The van der Waals surface area contributed by atoms with E-state index >= 15 is 0 Å². The number of piperazine rings is 1. The van der Waals surface area contributed by atoms with Crippen LogP contribution in [0.5, 0.6) is 0 Å². The average molecular weight is 534 g/mol. The molecule has 1 aliphatic carbocycles. The summed E-state index contributed by atoms with van der Waals surface area (Å²) in [5.74, 6) is -1.17. The van der Waals surface area contributed by atoms with Crippen LogP contribution in [0.4, 0.5) is 0 Å². The molecule has 3 heterocycles. The Morgan fingerprint density at radius 3 is 2.44 bits per heavy atom. The summed E-state index contributed by atoms with van der Waals surface area (Å²) < 4.78 is 10.5. The third-order valence-electron chi connectivity index (χ3n) is 8.22. The van der Waals surface area contributed by atoms with Crippen molar-refractivity contribution in [1.29, 1.82) is 0 Å². The Kier molecular flexibility index (Phi) is 7.86. The minimum atomic E-state index is -0.951. The van der Waals surface area contributed by atoms with E-state index in [0.29, 0.717) is 39.1 Å². The molecule has 2 aromatic rings. The number of ether oxygens (including phenoxy) is 1. The van der Waals surface area contributed by atoms with Gasteiger partial charge in [0.1, 0.15) is 5.41 Å². The van der Waals surface area contributed by atoms with Crippen LogP contribution in [0.2, 0.25) is 0 Å². The molecular weight excluding hydrogens is 498 g/mol. The Bertz CT molecular complexity index is 1230. The second-order valence-electron chi connectivity index (χ2n) is 10.6. The summed E-state index contributed by atoms with van der Waals surface area (Å²) >= 11 is 0. The van der Waals surface area contributed by atoms with Crippen LogP contribution >= 0.6 is 0 Å². The van der Waals surface area contributed by atoms with E-state index in [9.17, 15) is 19.2 Å². The van der Waals surface area contributed by atoms with Gasteiger partial charge in [-0.25, -0.2) is 0 Å². The molecule has 0 spiro atoms. The molecule has 3 amide bonds. The first-order chi connectivity index (χ1) is 18.9. The molecule has 0 saturated carbocycles. The van der Waals surface area contributed by atoms with Crippen LogP contribution in [0, 0.1) is 11.3 Å². The van der Waals surface area contributed by atoms with Crippen LogP contribution in [0.25, 0.3) is 0 Å². The predicted molar refractivity (Wildman–Crippen MR) is 142 cm³/mol. The topological polar surface area (TPSA) is 100 Å². The van der Waals surface area contributed by atoms with Gasteiger partial charge in [-0.15, -0.1) is 0 Å². The SMILES string of the molecule is COC(=O)[C@]12CCCCC=C1N(Cc1ccccc1)C(=O)[C@H](CC(=O)N1CCN(C(=O)c3ccco3)CC1)C2. The molecule has 0 unspecified atom stereocenters. The smallest absolute Gasteiger partial charge is 0.317 e. The number of hydrogen-bond donors (Lipinski definition) is 0. The Balaban J connectivity index is 1.34. The van der Waals surface area contributed by atoms with Crippen molar-refractivity contribution in [3.05, 3.63) is 71.8 Å². The third kappa shape index (κ3) is 5.35. The zero-order valence-corrected chi connectivity index (χ0v) is 22.3. The van der Waals surface area contributed by atoms with Crippen LogP contribution in [0.3, 0.4) is 0 Å². The number of fused-ring (bicyclic) bond motifs is 1. The van der Waals surface area contributed by atoms with Crippen molar-refractivity contribution in [2.24, 2.45) is 11.3 Å². The molecule has 2 atom stereocenters. The Labute approximate surface area is 228 Å². The van der Waals surface area contributed by atoms with Gasteiger partial charge in [0.25, 0.3) is 5.91 Å². The molecule has 39 heavy (non-hydrogen) atoms. The second kappa shape index (κ2) is 11.5. The van der Waals surface area contributed by atoms with Crippen LogP contribution in [0.1, 0.15) is 54.6 Å². The summed E-state index contributed by atoms with van der Waals surface area (Å²) in [4.78, 5) is 58.5. The van der Waals surface area contributed by atoms with Crippen molar-refractivity contribution < 1.29 is 28.3 Å². The zero-order valence-electron chi connectivity index (χ0n) is 22.3. The summed E-state index contributed by atoms with van der Waals surface area (Å²) in [6, 6.07) is 13.0. The molecule has 1 aromatic carbocycles. The molecule has 9 nitrogen and oxygen atoms in total. The van der Waals surface area contributed by atoms with Crippen LogP contribution in [-0.2, 0) is 25.7 Å². The maximum atomic E-state index is 13.9. The summed E-state index contributed by atoms with van der Waals surface area (Å²) in [6.45, 7) is 1.88. The maximum absolute atomic E-state index is 13.9. The summed E-state index contributed by atoms with van der Waals surface area (Å²) in [5, 5.41) is 0. The summed E-state index contributed by atoms with van der Waals surface area (Å²) in [5.41, 5.74) is 0.723. The van der Waals surface area contributed by atoms with Crippen molar-refractivity contribution in [3.8, 4) is 0 Å². The number of carbonyl (C=O) groups excluding carboxylic acids is 4. The molecule has 0 bridgehead atoms. The summed E-state index contributed by atoms with van der Waals surface area (Å²) in [7, 11) is 1.39. The van der Waals surface area contributed by atoms with Crippen molar-refractivity contribution in [1.82, 2.24) is 14.7 Å². The van der Waals surface area contributed by atoms with Gasteiger partial charge in [-0.1, -0.05) is 42.8 Å². The number of amides is 3. The lowest BCUT2D eigenvalue weighted by atomic mass is 9.69. The van der Waals surface area contributed by atoms with E-state index in [2.05, 4.69) is 0 Å². The minimum Gasteiger partial charge on any atom is -0.468 e. The highest BCUT2D eigenvalue weighted by Crippen LogP contribution is 2.49. The number of esters is 1. The highest BCUT2D eigenvalue weighted by Gasteiger charge is 2.54. The molecule has 2 fully saturated rings. The van der Waals surface area contributed by atoms with Gasteiger partial charge in [0, 0.05) is 44.2 Å². The number of piperidine rings is 1. The normalized spacial score (nSPS) is 23.5. The number of methoxy groups -OCH3 is 1. The first-order valence-corrected chi connectivity index (χ1v) is 13.7. The fourth-order valence-electron chi connectivity index (χ4n) is 6.18. The molecule has 2 saturated heterocycles. The van der Waals surface area contributed by atoms with E-state index in [1.807, 2.05) is 36.4 Å². The fourth-order valence-corrected chi connectivity index (χ4v) is 6.18. The number of carbonyl (C=O) groups is 4. The van der Waals surface area contributed by atoms with Gasteiger partial charge in [-0.3, -0.25) is 19.2 Å². The minimum absolute atomic E-state index is 0.0161. The number of hydrogen-bond acceptors (Lipinski definition) is 6. The molecule has 0 N–H and O–H groups in total. The number of likely N-dealkylation sites (tertiary alicyclic amines) is 1. The van der Waals surface area contributed by atoms with Gasteiger partial charge in [0.05, 0.1) is 19.9 Å². The molecular formula is C30H35N3O6. The molecule has 2 aliphatic heterocycles. The van der Waals surface area contributed by atoms with Crippen molar-refractivity contribution in [2.45, 2.75) is 45.1 Å². The number of allylic oxidation sites excluding steroid dienone is 1. The lowest BCUT2D eigenvalue weighted by molar-refractivity contribution is -0.160. The van der Waals surface area contributed by atoms with Gasteiger partial charge in [0.15, 0.2) is 5.76 Å². The number of rotatable bonds is 6. The zero-order chi connectivity index (χ0) is 27.4. The monoisotopic (exact) mass is 533 g/mol. The van der Waals surface area contributed by atoms with E-state index < -0.39 is 11.3 Å². The van der Waals surface area contributed by atoms with Gasteiger partial charge >= 0.3 is 5.97 Å². The van der Waals surface area contributed by atoms with Gasteiger partial charge in [-0.2, -0.15) is 0 Å². The molecule has 3 aliphatic rings. The van der Waals surface area contributed by atoms with Crippen LogP contribution in [0.15, 0.2) is 64.9 Å². The van der Waals surface area contributed by atoms with E-state index in [1.54, 1.807) is 26.8 Å². The van der Waals surface area contributed by atoms with E-state index in [-0.39, 0.29) is 42.3 Å². The predicted octanol–water partition coefficient (Wildman–Crippen LogP) is 3.62. The highest BCUT2D eigenvalue weighted by molar-refractivity contribution is 5.93. The number of furan rings is 1. The largest absolute Gasteiger partial charge is 0.468 e. The highest BCUT2D eigenvalue weighted by atomic mass is 16.5. The standard InChI is InChI=1S/C30H35N3O6/c1-38-29(37)30-13-7-3-6-12-25(30)33(21-22-9-4-2-5-10-22)27(35)23(20-30)19-26(34)31-14-16-32(17-15-31)28(36)24-11-8-18-39-24/h2,4-5,8-12,18,23H,3,6-7,13-17,19-21H2,1H3/t23-,30+/m1/s1. The molecule has 206 valence electrons. The maximum Gasteiger partial charge on any atom is 0.317 e. The van der Waals surface area contributed by atoms with E-state index in [1.165, 1.54) is 13.4 Å². The first-order valence-electron chi connectivity index (χ1n) is 13.7. The van der Waals surface area contributed by atoms with E-state index in [4.69, 9.17) is 9.15 Å². The van der Waals surface area contributed by atoms with Gasteiger partial charge < -0.3 is 23.9 Å². The van der Waals surface area contributed by atoms with E-state index in [0.717, 1.165) is 30.5 Å². The fraction of sp³-hybridized carbons (Fsp3) is 0.467. The Morgan fingerprint density at radius 1 is 1.00 bits per heavy atom. The van der Waals surface area contributed by atoms with Gasteiger partial charge in [-0.05, 0) is 43.4 Å². The third-order valence-corrected chi connectivity index (χ3v) is 8.22. The molecule has 1 aromatic heterocycles. The van der Waals surface area contributed by atoms with Crippen LogP contribution in [-0.4, -0.2) is 71.7 Å². The molecule has 5 rings (SSSR count). The summed E-state index contributed by atoms with van der Waals surface area (Å²) in [6.07, 6.45) is 6.92. The van der Waals surface area contributed by atoms with Crippen molar-refractivity contribution >= 4 is 23.7 Å². The lowest BCUT2D eigenvalue weighted by Crippen LogP contribution is -2.54. The Morgan fingerprint density at radius 2 is 1.74 bits per heavy atom. The Hall–Kier alpha value is -3.88. The first kappa shape index (κ1) is 26.7. The van der Waals surface area contributed by atoms with Gasteiger partial charge in [0.2, 0.25) is 11.8 Å². The van der Waals surface area contributed by atoms with Crippen molar-refractivity contribution in [2.75, 3.05) is 33.3 Å². The molecule has 0 radical (unpaired) electrons. The number of benzene rings is 1.